The van der Waals surface area contributed by atoms with Crippen LogP contribution in [0.1, 0.15) is 54.2 Å². The van der Waals surface area contributed by atoms with Crippen molar-refractivity contribution < 1.29 is 14.3 Å². The number of ether oxygens (including phenoxy) is 1. The molecule has 1 fully saturated rings. The number of nitriles is 1. The number of aryl methyl sites for hydroxylation is 1. The molecule has 2 rings (SSSR count). The van der Waals surface area contributed by atoms with Gasteiger partial charge in [-0.1, -0.05) is 24.6 Å². The largest absolute Gasteiger partial charge is 0.462 e. The fraction of sp³-hybridized carbons (Fsp3) is 0.556. The second-order valence-corrected chi connectivity index (χ2v) is 6.85. The molecular weight excluding hydrogens is 338 g/mol. The predicted molar refractivity (Wildman–Crippen MR) is 95.4 cm³/mol. The summed E-state index contributed by atoms with van der Waals surface area (Å²) in [6.07, 6.45) is 4.44. The zero-order chi connectivity index (χ0) is 18.2. The molecule has 0 aliphatic carbocycles. The minimum absolute atomic E-state index is 0.0738. The molecule has 0 aromatic carbocycles. The molecule has 0 unspecified atom stereocenters. The van der Waals surface area contributed by atoms with E-state index in [1.54, 1.807) is 13.8 Å². The Morgan fingerprint density at radius 1 is 1.32 bits per heavy atom. The van der Waals surface area contributed by atoms with Gasteiger partial charge in [0, 0.05) is 13.1 Å². The molecular formula is C18H23N3O3S. The molecule has 2 heterocycles. The Morgan fingerprint density at radius 2 is 2.00 bits per heavy atom. The van der Waals surface area contributed by atoms with Gasteiger partial charge in [-0.3, -0.25) is 4.79 Å². The van der Waals surface area contributed by atoms with E-state index in [2.05, 4.69) is 11.1 Å². The molecule has 134 valence electrons. The van der Waals surface area contributed by atoms with Crippen molar-refractivity contribution in [3.63, 3.8) is 0 Å². The van der Waals surface area contributed by atoms with Crippen molar-refractivity contribution in [3.05, 3.63) is 22.9 Å². The van der Waals surface area contributed by atoms with Crippen LogP contribution in [0, 0.1) is 18.3 Å². The Morgan fingerprint density at radius 3 is 2.60 bits per heavy atom. The van der Waals surface area contributed by atoms with Crippen molar-refractivity contribution in [3.8, 4) is 6.07 Å². The van der Waals surface area contributed by atoms with Crippen LogP contribution in [0.25, 0.3) is 0 Å². The standard InChI is InChI=1S/C18H23N3O3S/c1-3-24-18(23)15-10-14(11-19)17(20-13(15)2)25-12-16(22)21-8-6-4-5-7-9-21/h10H,3-9,12H2,1-2H3. The lowest BCUT2D eigenvalue weighted by atomic mass is 10.1. The lowest BCUT2D eigenvalue weighted by Gasteiger charge is -2.20. The molecule has 1 aliphatic rings. The number of aromatic nitrogens is 1. The summed E-state index contributed by atoms with van der Waals surface area (Å²) < 4.78 is 4.98. The molecule has 1 amide bonds. The van der Waals surface area contributed by atoms with Gasteiger partial charge in [-0.15, -0.1) is 0 Å². The molecule has 1 aromatic rings. The van der Waals surface area contributed by atoms with E-state index in [9.17, 15) is 14.9 Å². The number of nitrogens with zero attached hydrogens (tertiary/aromatic N) is 3. The van der Waals surface area contributed by atoms with Crippen molar-refractivity contribution in [1.82, 2.24) is 9.88 Å². The third kappa shape index (κ3) is 5.20. The fourth-order valence-electron chi connectivity index (χ4n) is 2.73. The quantitative estimate of drug-likeness (QED) is 0.592. The maximum atomic E-state index is 12.4. The number of amides is 1. The molecule has 7 heteroatoms. The van der Waals surface area contributed by atoms with Crippen LogP contribution in [0.4, 0.5) is 0 Å². The fourth-order valence-corrected chi connectivity index (χ4v) is 3.63. The van der Waals surface area contributed by atoms with Gasteiger partial charge in [-0.05, 0) is 32.8 Å². The third-order valence-electron chi connectivity index (χ3n) is 4.09. The Kier molecular flexibility index (Phi) is 7.26. The predicted octanol–water partition coefficient (Wildman–Crippen LogP) is 2.93. The number of thioether (sulfide) groups is 1. The first-order valence-corrected chi connectivity index (χ1v) is 9.54. The molecule has 0 bridgehead atoms. The van der Waals surface area contributed by atoms with Gasteiger partial charge in [0.05, 0.1) is 29.2 Å². The van der Waals surface area contributed by atoms with Crippen LogP contribution >= 0.6 is 11.8 Å². The molecule has 0 radical (unpaired) electrons. The number of likely N-dealkylation sites (tertiary alicyclic amines) is 1. The Balaban J connectivity index is 2.08. The van der Waals surface area contributed by atoms with Crippen molar-refractivity contribution in [2.24, 2.45) is 0 Å². The van der Waals surface area contributed by atoms with E-state index in [1.807, 2.05) is 4.90 Å². The number of carbonyl (C=O) groups excluding carboxylic acids is 2. The van der Waals surface area contributed by atoms with Crippen LogP contribution in [0.5, 0.6) is 0 Å². The summed E-state index contributed by atoms with van der Waals surface area (Å²) in [5.41, 5.74) is 1.09. The van der Waals surface area contributed by atoms with E-state index in [0.29, 0.717) is 21.8 Å². The normalized spacial score (nSPS) is 14.5. The topological polar surface area (TPSA) is 83.3 Å². The second kappa shape index (κ2) is 9.42. The number of rotatable bonds is 5. The number of hydrogen-bond donors (Lipinski definition) is 0. The maximum absolute atomic E-state index is 12.4. The summed E-state index contributed by atoms with van der Waals surface area (Å²) >= 11 is 1.25. The third-order valence-corrected chi connectivity index (χ3v) is 5.06. The highest BCUT2D eigenvalue weighted by Crippen LogP contribution is 2.24. The van der Waals surface area contributed by atoms with Crippen LogP contribution in [-0.2, 0) is 9.53 Å². The number of hydrogen-bond acceptors (Lipinski definition) is 6. The lowest BCUT2D eigenvalue weighted by molar-refractivity contribution is -0.128. The molecule has 0 saturated carbocycles. The van der Waals surface area contributed by atoms with Crippen LogP contribution in [0.3, 0.4) is 0 Å². The monoisotopic (exact) mass is 361 g/mol. The average molecular weight is 361 g/mol. The highest BCUT2D eigenvalue weighted by Gasteiger charge is 2.19. The van der Waals surface area contributed by atoms with Gasteiger partial charge in [-0.25, -0.2) is 9.78 Å². The van der Waals surface area contributed by atoms with Crippen molar-refractivity contribution in [1.29, 1.82) is 5.26 Å². The van der Waals surface area contributed by atoms with Crippen LogP contribution < -0.4 is 0 Å². The summed E-state index contributed by atoms with van der Waals surface area (Å²) in [4.78, 5) is 30.5. The van der Waals surface area contributed by atoms with Crippen LogP contribution in [-0.4, -0.2) is 47.2 Å². The van der Waals surface area contributed by atoms with Gasteiger partial charge in [0.2, 0.25) is 5.91 Å². The molecule has 0 N–H and O–H groups in total. The minimum atomic E-state index is -0.485. The van der Waals surface area contributed by atoms with Gasteiger partial charge in [0.1, 0.15) is 11.1 Å². The summed E-state index contributed by atoms with van der Waals surface area (Å²) in [6, 6.07) is 3.56. The van der Waals surface area contributed by atoms with Crippen molar-refractivity contribution in [2.75, 3.05) is 25.4 Å². The Labute approximate surface area is 152 Å². The highest BCUT2D eigenvalue weighted by atomic mass is 32.2. The molecule has 1 aliphatic heterocycles. The van der Waals surface area contributed by atoms with E-state index < -0.39 is 5.97 Å². The molecule has 0 atom stereocenters. The van der Waals surface area contributed by atoms with E-state index in [-0.39, 0.29) is 18.3 Å². The van der Waals surface area contributed by atoms with Gasteiger partial charge in [-0.2, -0.15) is 5.26 Å². The molecule has 1 saturated heterocycles. The van der Waals surface area contributed by atoms with E-state index in [4.69, 9.17) is 4.74 Å². The van der Waals surface area contributed by atoms with Gasteiger partial charge in [0.15, 0.2) is 0 Å². The molecule has 0 spiro atoms. The number of esters is 1. The van der Waals surface area contributed by atoms with Crippen LogP contribution in [0.2, 0.25) is 0 Å². The Bertz CT molecular complexity index is 677. The minimum Gasteiger partial charge on any atom is -0.462 e. The van der Waals surface area contributed by atoms with Gasteiger partial charge < -0.3 is 9.64 Å². The SMILES string of the molecule is CCOC(=O)c1cc(C#N)c(SCC(=O)N2CCCCCC2)nc1C. The summed E-state index contributed by atoms with van der Waals surface area (Å²) in [6.45, 7) is 5.30. The summed E-state index contributed by atoms with van der Waals surface area (Å²) in [5.74, 6) is -0.161. The first-order chi connectivity index (χ1) is 12.1. The average Bonchev–Trinajstić information content (AvgIpc) is 2.89. The van der Waals surface area contributed by atoms with Crippen LogP contribution in [0.15, 0.2) is 11.1 Å². The van der Waals surface area contributed by atoms with Gasteiger partial charge >= 0.3 is 5.97 Å². The zero-order valence-electron chi connectivity index (χ0n) is 14.7. The van der Waals surface area contributed by atoms with Crippen molar-refractivity contribution >= 4 is 23.6 Å². The van der Waals surface area contributed by atoms with E-state index in [1.165, 1.54) is 30.7 Å². The lowest BCUT2D eigenvalue weighted by Crippen LogP contribution is -2.33. The van der Waals surface area contributed by atoms with E-state index in [0.717, 1.165) is 25.9 Å². The smallest absolute Gasteiger partial charge is 0.340 e. The first-order valence-electron chi connectivity index (χ1n) is 8.56. The maximum Gasteiger partial charge on any atom is 0.340 e. The highest BCUT2D eigenvalue weighted by molar-refractivity contribution is 7.99. The number of pyridine rings is 1. The number of carbonyl (C=O) groups is 2. The van der Waals surface area contributed by atoms with E-state index >= 15 is 0 Å². The van der Waals surface area contributed by atoms with Gasteiger partial charge in [0.25, 0.3) is 0 Å². The first kappa shape index (κ1) is 19.3. The van der Waals surface area contributed by atoms with Crippen molar-refractivity contribution in [2.45, 2.75) is 44.6 Å². The molecule has 25 heavy (non-hydrogen) atoms. The second-order valence-electron chi connectivity index (χ2n) is 5.89. The summed E-state index contributed by atoms with van der Waals surface area (Å²) in [5, 5.41) is 9.83. The molecule has 1 aromatic heterocycles. The zero-order valence-corrected chi connectivity index (χ0v) is 15.5. The molecule has 6 nitrogen and oxygen atoms in total. The summed E-state index contributed by atoms with van der Waals surface area (Å²) in [7, 11) is 0. The Hall–Kier alpha value is -2.07.